The van der Waals surface area contributed by atoms with Crippen LogP contribution in [0.15, 0.2) is 0 Å². The molecule has 0 bridgehead atoms. The monoisotopic (exact) mass is 1310 g/mol. The Kier molecular flexibility index (Phi) is 62.1. The fraction of sp³-hybridized carbons (Fsp3) is 0.943. The quantitative estimate of drug-likeness (QED) is 0.0222. The lowest BCUT2D eigenvalue weighted by Gasteiger charge is -2.21. The number of ether oxygens (including phenoxy) is 4. The molecule has 0 aliphatic heterocycles. The first-order valence-corrected chi connectivity index (χ1v) is 39.6. The summed E-state index contributed by atoms with van der Waals surface area (Å²) in [5, 5.41) is 10.6. The molecule has 0 rings (SSSR count). The number of carbonyl (C=O) groups excluding carboxylic acids is 4. The third-order valence-corrected chi connectivity index (χ3v) is 18.2. The van der Waals surface area contributed by atoms with Gasteiger partial charge in [-0.05, 0) is 31.6 Å². The Morgan fingerprint density at radius 2 is 0.517 bits per heavy atom. The number of hydrogen-bond acceptors (Lipinski definition) is 15. The highest BCUT2D eigenvalue weighted by atomic mass is 31.2. The molecule has 0 fully saturated rings. The van der Waals surface area contributed by atoms with Crippen molar-refractivity contribution < 1.29 is 80.2 Å². The maximum atomic E-state index is 13.0. The van der Waals surface area contributed by atoms with Gasteiger partial charge >= 0.3 is 39.5 Å². The Morgan fingerprint density at radius 1 is 0.303 bits per heavy atom. The highest BCUT2D eigenvalue weighted by Gasteiger charge is 2.30. The van der Waals surface area contributed by atoms with E-state index in [-0.39, 0.29) is 25.7 Å². The van der Waals surface area contributed by atoms with Crippen molar-refractivity contribution in [3.8, 4) is 0 Å². The van der Waals surface area contributed by atoms with Gasteiger partial charge in [0, 0.05) is 25.7 Å². The van der Waals surface area contributed by atoms with Crippen LogP contribution < -0.4 is 0 Å². The van der Waals surface area contributed by atoms with E-state index in [0.29, 0.717) is 25.7 Å². The van der Waals surface area contributed by atoms with Crippen LogP contribution in [-0.4, -0.2) is 96.7 Å². The second-order valence-corrected chi connectivity index (χ2v) is 28.7. The van der Waals surface area contributed by atoms with E-state index in [9.17, 15) is 43.2 Å². The molecular formula is C70H136O17P2. The average Bonchev–Trinajstić information content (AvgIpc) is 3.58. The number of hydrogen-bond donors (Lipinski definition) is 3. The van der Waals surface area contributed by atoms with Crippen LogP contribution in [0.5, 0.6) is 0 Å². The number of phosphoric acid groups is 2. The second kappa shape index (κ2) is 63.5. The summed E-state index contributed by atoms with van der Waals surface area (Å²) in [6, 6.07) is 0. The second-order valence-electron chi connectivity index (χ2n) is 25.7. The molecule has 0 spiro atoms. The van der Waals surface area contributed by atoms with E-state index in [2.05, 4.69) is 34.6 Å². The Balaban J connectivity index is 5.18. The molecule has 0 heterocycles. The molecule has 0 aliphatic carbocycles. The van der Waals surface area contributed by atoms with Crippen LogP contribution in [-0.2, 0) is 65.4 Å². The van der Waals surface area contributed by atoms with Gasteiger partial charge in [0.05, 0.1) is 26.4 Å². The molecule has 528 valence electrons. The Bertz CT molecular complexity index is 1720. The molecule has 0 aromatic carbocycles. The standard InChI is InChI=1S/C70H136O17P2/c1-6-9-12-15-18-21-22-23-24-25-26-29-33-36-41-46-51-56-70(75)87-66(60-81-68(73)54-49-44-40-35-32-30-27-28-31-34-37-42-47-52-63(4)5)62-85-89(78,79)83-58-64(71)57-82-88(76,77)84-61-65(86-69(74)55-50-45-39-20-17-14-11-8-3)59-80-67(72)53-48-43-38-19-16-13-10-7-2/h63-66,71H,6-62H2,1-5H3,(H,76,77)(H,78,79)/t64-,65+,66+/m0/s1. The molecular weight excluding hydrogens is 1170 g/mol. The summed E-state index contributed by atoms with van der Waals surface area (Å²) >= 11 is 0. The summed E-state index contributed by atoms with van der Waals surface area (Å²) in [6.45, 7) is 7.21. The first kappa shape index (κ1) is 87.1. The SMILES string of the molecule is CCCCCCCCCCCCCCCCCCCC(=O)O[C@H](COC(=O)CCCCCCCCCCCCCCCC(C)C)COP(=O)(O)OC[C@@H](O)COP(=O)(O)OC[C@@H](COC(=O)CCCCCCCCCC)OC(=O)CCCCCCCCCC. The molecule has 2 unspecified atom stereocenters. The van der Waals surface area contributed by atoms with Gasteiger partial charge in [-0.1, -0.05) is 311 Å². The van der Waals surface area contributed by atoms with Crippen molar-refractivity contribution in [2.75, 3.05) is 39.6 Å². The van der Waals surface area contributed by atoms with Crippen LogP contribution in [0.2, 0.25) is 0 Å². The smallest absolute Gasteiger partial charge is 0.462 e. The molecule has 0 amide bonds. The van der Waals surface area contributed by atoms with Crippen molar-refractivity contribution in [1.29, 1.82) is 0 Å². The van der Waals surface area contributed by atoms with Crippen LogP contribution in [0.3, 0.4) is 0 Å². The van der Waals surface area contributed by atoms with Gasteiger partial charge in [-0.25, -0.2) is 9.13 Å². The predicted octanol–water partition coefficient (Wildman–Crippen LogP) is 20.1. The van der Waals surface area contributed by atoms with E-state index < -0.39 is 97.5 Å². The Hall–Kier alpha value is -1.94. The highest BCUT2D eigenvalue weighted by molar-refractivity contribution is 7.47. The third-order valence-electron chi connectivity index (χ3n) is 16.3. The Morgan fingerprint density at radius 3 is 0.764 bits per heavy atom. The number of esters is 4. The van der Waals surface area contributed by atoms with Crippen molar-refractivity contribution in [1.82, 2.24) is 0 Å². The largest absolute Gasteiger partial charge is 0.472 e. The average molecular weight is 1310 g/mol. The van der Waals surface area contributed by atoms with Gasteiger partial charge in [-0.3, -0.25) is 37.3 Å². The van der Waals surface area contributed by atoms with Crippen molar-refractivity contribution in [3.63, 3.8) is 0 Å². The number of phosphoric ester groups is 2. The van der Waals surface area contributed by atoms with Crippen LogP contribution in [0.4, 0.5) is 0 Å². The van der Waals surface area contributed by atoms with Crippen LogP contribution in [0.25, 0.3) is 0 Å². The van der Waals surface area contributed by atoms with E-state index in [1.54, 1.807) is 0 Å². The zero-order valence-corrected chi connectivity index (χ0v) is 59.4. The van der Waals surface area contributed by atoms with Crippen LogP contribution in [0.1, 0.15) is 362 Å². The van der Waals surface area contributed by atoms with E-state index in [0.717, 1.165) is 109 Å². The maximum absolute atomic E-state index is 13.0. The molecule has 3 N–H and O–H groups in total. The van der Waals surface area contributed by atoms with Gasteiger partial charge in [0.1, 0.15) is 19.3 Å². The molecule has 89 heavy (non-hydrogen) atoms. The van der Waals surface area contributed by atoms with Gasteiger partial charge < -0.3 is 33.8 Å². The third kappa shape index (κ3) is 64.6. The van der Waals surface area contributed by atoms with E-state index in [1.165, 1.54) is 173 Å². The number of rotatable bonds is 70. The molecule has 0 radical (unpaired) electrons. The summed E-state index contributed by atoms with van der Waals surface area (Å²) < 4.78 is 68.1. The van der Waals surface area contributed by atoms with Crippen molar-refractivity contribution >= 4 is 39.5 Å². The van der Waals surface area contributed by atoms with Crippen molar-refractivity contribution in [2.24, 2.45) is 5.92 Å². The van der Waals surface area contributed by atoms with E-state index in [1.807, 2.05) is 0 Å². The number of carbonyl (C=O) groups is 4. The summed E-state index contributed by atoms with van der Waals surface area (Å²) in [5.74, 6) is -1.34. The molecule has 0 saturated carbocycles. The summed E-state index contributed by atoms with van der Waals surface area (Å²) in [4.78, 5) is 72.3. The molecule has 5 atom stereocenters. The molecule has 0 aromatic heterocycles. The number of aliphatic hydroxyl groups excluding tert-OH is 1. The minimum atomic E-state index is -4.95. The minimum absolute atomic E-state index is 0.105. The number of unbranched alkanes of at least 4 members (excludes halogenated alkanes) is 42. The van der Waals surface area contributed by atoms with E-state index in [4.69, 9.17) is 37.0 Å². The first-order valence-electron chi connectivity index (χ1n) is 36.6. The zero-order chi connectivity index (χ0) is 65.6. The lowest BCUT2D eigenvalue weighted by atomic mass is 10.0. The maximum Gasteiger partial charge on any atom is 0.472 e. The van der Waals surface area contributed by atoms with Gasteiger partial charge in [0.15, 0.2) is 12.2 Å². The lowest BCUT2D eigenvalue weighted by Crippen LogP contribution is -2.30. The van der Waals surface area contributed by atoms with Gasteiger partial charge in [0.25, 0.3) is 0 Å². The Labute approximate surface area is 543 Å². The number of aliphatic hydroxyl groups is 1. The molecule has 0 saturated heterocycles. The molecule has 17 nitrogen and oxygen atoms in total. The zero-order valence-electron chi connectivity index (χ0n) is 57.6. The van der Waals surface area contributed by atoms with Gasteiger partial charge in [-0.2, -0.15) is 0 Å². The lowest BCUT2D eigenvalue weighted by molar-refractivity contribution is -0.161. The van der Waals surface area contributed by atoms with E-state index >= 15 is 0 Å². The normalized spacial score (nSPS) is 14.1. The first-order chi connectivity index (χ1) is 43.0. The topological polar surface area (TPSA) is 237 Å². The fourth-order valence-electron chi connectivity index (χ4n) is 10.6. The summed E-state index contributed by atoms with van der Waals surface area (Å²) in [6.07, 6.45) is 50.1. The van der Waals surface area contributed by atoms with Crippen LogP contribution in [0, 0.1) is 5.92 Å². The van der Waals surface area contributed by atoms with Gasteiger partial charge in [-0.15, -0.1) is 0 Å². The van der Waals surface area contributed by atoms with Crippen molar-refractivity contribution in [2.45, 2.75) is 380 Å². The van der Waals surface area contributed by atoms with Crippen LogP contribution >= 0.6 is 15.6 Å². The predicted molar refractivity (Wildman–Crippen MR) is 358 cm³/mol. The molecule has 0 aromatic rings. The van der Waals surface area contributed by atoms with Gasteiger partial charge in [0.2, 0.25) is 0 Å². The minimum Gasteiger partial charge on any atom is -0.462 e. The summed E-state index contributed by atoms with van der Waals surface area (Å²) in [5.41, 5.74) is 0. The molecule has 0 aliphatic rings. The highest BCUT2D eigenvalue weighted by Crippen LogP contribution is 2.45. The fourth-order valence-corrected chi connectivity index (χ4v) is 12.2. The van der Waals surface area contributed by atoms with Crippen molar-refractivity contribution in [3.05, 3.63) is 0 Å². The summed E-state index contributed by atoms with van der Waals surface area (Å²) in [7, 11) is -9.89. The molecule has 19 heteroatoms.